The summed E-state index contributed by atoms with van der Waals surface area (Å²) in [5.41, 5.74) is 1.21. The van der Waals surface area contributed by atoms with Gasteiger partial charge < -0.3 is 15.0 Å². The van der Waals surface area contributed by atoms with Gasteiger partial charge in [0.15, 0.2) is 4.34 Å². The molecule has 5 nitrogen and oxygen atoms in total. The van der Waals surface area contributed by atoms with Crippen LogP contribution in [0.3, 0.4) is 0 Å². The SMILES string of the molecule is CCNc1nnc(SC[C@H]2C[NH+](Cc3ccccc3Cl)CCO2)s1. The molecule has 1 aliphatic rings. The topological polar surface area (TPSA) is 51.5 Å². The van der Waals surface area contributed by atoms with E-state index in [0.717, 1.165) is 53.0 Å². The first-order chi connectivity index (χ1) is 11.7. The van der Waals surface area contributed by atoms with Gasteiger partial charge in [0.2, 0.25) is 5.13 Å². The number of quaternary nitrogens is 1. The Kier molecular flexibility index (Phi) is 6.74. The second-order valence-electron chi connectivity index (χ2n) is 5.68. The number of morpholine rings is 1. The van der Waals surface area contributed by atoms with Gasteiger partial charge in [-0.25, -0.2) is 0 Å². The normalized spacial score (nSPS) is 20.9. The van der Waals surface area contributed by atoms with E-state index in [1.807, 2.05) is 18.2 Å². The van der Waals surface area contributed by atoms with Crippen molar-refractivity contribution in [2.45, 2.75) is 23.9 Å². The average Bonchev–Trinajstić information content (AvgIpc) is 3.04. The highest BCUT2D eigenvalue weighted by Crippen LogP contribution is 2.26. The summed E-state index contributed by atoms with van der Waals surface area (Å²) in [4.78, 5) is 1.52. The Balaban J connectivity index is 1.49. The summed E-state index contributed by atoms with van der Waals surface area (Å²) in [5, 5.41) is 13.3. The lowest BCUT2D eigenvalue weighted by molar-refractivity contribution is -0.924. The maximum absolute atomic E-state index is 6.28. The van der Waals surface area contributed by atoms with Crippen LogP contribution in [0.2, 0.25) is 5.02 Å². The standard InChI is InChI=1S/C16H21ClN4OS2/c1-2-18-15-19-20-16(24-15)23-11-13-10-21(7-8-22-13)9-12-5-3-4-6-14(12)17/h3-6,13H,2,7-11H2,1H3,(H,18,19)/p+1/t13-/m1/s1. The molecule has 2 heterocycles. The highest BCUT2D eigenvalue weighted by molar-refractivity contribution is 8.01. The van der Waals surface area contributed by atoms with Crippen LogP contribution in [0, 0.1) is 0 Å². The van der Waals surface area contributed by atoms with Gasteiger partial charge >= 0.3 is 0 Å². The fraction of sp³-hybridized carbons (Fsp3) is 0.500. The molecule has 130 valence electrons. The third kappa shape index (κ3) is 5.07. The Hall–Kier alpha value is -0.860. The number of hydrogen-bond acceptors (Lipinski definition) is 6. The highest BCUT2D eigenvalue weighted by atomic mass is 35.5. The second kappa shape index (κ2) is 9.01. The minimum Gasteiger partial charge on any atom is -0.366 e. The minimum absolute atomic E-state index is 0.243. The molecule has 0 amide bonds. The molecule has 0 saturated carbocycles. The van der Waals surface area contributed by atoms with Gasteiger partial charge in [-0.2, -0.15) is 0 Å². The number of anilines is 1. The summed E-state index contributed by atoms with van der Waals surface area (Å²) < 4.78 is 6.91. The molecule has 0 bridgehead atoms. The Bertz CT molecular complexity index is 655. The maximum atomic E-state index is 6.28. The minimum atomic E-state index is 0.243. The van der Waals surface area contributed by atoms with Crippen LogP contribution in [0.25, 0.3) is 0 Å². The molecule has 0 radical (unpaired) electrons. The van der Waals surface area contributed by atoms with Crippen molar-refractivity contribution in [1.29, 1.82) is 0 Å². The zero-order chi connectivity index (χ0) is 16.8. The molecule has 1 unspecified atom stereocenters. The smallest absolute Gasteiger partial charge is 0.206 e. The van der Waals surface area contributed by atoms with Crippen LogP contribution >= 0.6 is 34.7 Å². The molecule has 0 spiro atoms. The van der Waals surface area contributed by atoms with E-state index in [1.165, 1.54) is 10.5 Å². The fourth-order valence-electron chi connectivity index (χ4n) is 2.69. The van der Waals surface area contributed by atoms with E-state index in [0.29, 0.717) is 0 Å². The van der Waals surface area contributed by atoms with E-state index in [-0.39, 0.29) is 6.10 Å². The van der Waals surface area contributed by atoms with Crippen LogP contribution in [-0.4, -0.2) is 48.3 Å². The summed E-state index contributed by atoms with van der Waals surface area (Å²) in [6.07, 6.45) is 0.243. The van der Waals surface area contributed by atoms with E-state index in [9.17, 15) is 0 Å². The molecular weight excluding hydrogens is 364 g/mol. The lowest BCUT2D eigenvalue weighted by Gasteiger charge is -2.30. The van der Waals surface area contributed by atoms with Gasteiger partial charge in [0.05, 0.1) is 6.61 Å². The molecule has 2 atom stereocenters. The van der Waals surface area contributed by atoms with Gasteiger partial charge in [0.25, 0.3) is 0 Å². The van der Waals surface area contributed by atoms with Crippen molar-refractivity contribution in [2.75, 3.05) is 37.3 Å². The van der Waals surface area contributed by atoms with Crippen LogP contribution in [0.4, 0.5) is 5.13 Å². The Morgan fingerprint density at radius 3 is 3.12 bits per heavy atom. The predicted octanol–water partition coefficient (Wildman–Crippen LogP) is 2.20. The summed E-state index contributed by atoms with van der Waals surface area (Å²) in [6, 6.07) is 8.09. The molecule has 2 aromatic rings. The van der Waals surface area contributed by atoms with E-state index in [4.69, 9.17) is 16.3 Å². The van der Waals surface area contributed by atoms with Crippen molar-refractivity contribution in [1.82, 2.24) is 10.2 Å². The lowest BCUT2D eigenvalue weighted by atomic mass is 10.2. The molecule has 1 aliphatic heterocycles. The quantitative estimate of drug-likeness (QED) is 0.715. The summed E-state index contributed by atoms with van der Waals surface area (Å²) in [7, 11) is 0. The van der Waals surface area contributed by atoms with Crippen LogP contribution in [0.5, 0.6) is 0 Å². The van der Waals surface area contributed by atoms with E-state index in [2.05, 4.69) is 28.5 Å². The molecule has 1 saturated heterocycles. The number of nitrogens with zero attached hydrogens (tertiary/aromatic N) is 2. The van der Waals surface area contributed by atoms with Gasteiger partial charge in [-0.3, -0.25) is 0 Å². The van der Waals surface area contributed by atoms with Gasteiger partial charge in [-0.05, 0) is 13.0 Å². The third-order valence-electron chi connectivity index (χ3n) is 3.85. The zero-order valence-corrected chi connectivity index (χ0v) is 16.0. The molecular formula is C16H22ClN4OS2+. The van der Waals surface area contributed by atoms with Gasteiger partial charge in [0, 0.05) is 22.9 Å². The Labute approximate surface area is 155 Å². The molecule has 1 fully saturated rings. The highest BCUT2D eigenvalue weighted by Gasteiger charge is 2.25. The molecule has 0 aliphatic carbocycles. The number of halogens is 1. The summed E-state index contributed by atoms with van der Waals surface area (Å²) in [5.74, 6) is 0.910. The number of thioether (sulfide) groups is 1. The maximum Gasteiger partial charge on any atom is 0.206 e. The summed E-state index contributed by atoms with van der Waals surface area (Å²) >= 11 is 9.61. The lowest BCUT2D eigenvalue weighted by Crippen LogP contribution is -3.13. The largest absolute Gasteiger partial charge is 0.366 e. The Morgan fingerprint density at radius 1 is 1.42 bits per heavy atom. The first-order valence-corrected chi connectivity index (χ1v) is 10.3. The van der Waals surface area contributed by atoms with Crippen molar-refractivity contribution in [3.8, 4) is 0 Å². The third-order valence-corrected chi connectivity index (χ3v) is 6.37. The van der Waals surface area contributed by atoms with Crippen LogP contribution in [0.15, 0.2) is 28.6 Å². The number of ether oxygens (including phenoxy) is 1. The molecule has 8 heteroatoms. The molecule has 1 aromatic carbocycles. The van der Waals surface area contributed by atoms with E-state index in [1.54, 1.807) is 23.1 Å². The number of rotatable bonds is 7. The monoisotopic (exact) mass is 385 g/mol. The first-order valence-electron chi connectivity index (χ1n) is 8.13. The first kappa shape index (κ1) is 17.9. The summed E-state index contributed by atoms with van der Waals surface area (Å²) in [6.45, 7) is 6.69. The Morgan fingerprint density at radius 2 is 2.29 bits per heavy atom. The van der Waals surface area contributed by atoms with Gasteiger partial charge in [-0.1, -0.05) is 52.9 Å². The number of aromatic nitrogens is 2. The van der Waals surface area contributed by atoms with E-state index < -0.39 is 0 Å². The molecule has 3 rings (SSSR count). The van der Waals surface area contributed by atoms with Crippen molar-refractivity contribution >= 4 is 39.8 Å². The zero-order valence-electron chi connectivity index (χ0n) is 13.6. The second-order valence-corrected chi connectivity index (χ2v) is 8.33. The van der Waals surface area contributed by atoms with Crippen LogP contribution in [0.1, 0.15) is 12.5 Å². The molecule has 2 N–H and O–H groups in total. The van der Waals surface area contributed by atoms with Gasteiger partial charge in [-0.15, -0.1) is 10.2 Å². The van der Waals surface area contributed by atoms with Crippen molar-refractivity contribution in [2.24, 2.45) is 0 Å². The predicted molar refractivity (Wildman–Crippen MR) is 100 cm³/mol. The van der Waals surface area contributed by atoms with Crippen LogP contribution in [-0.2, 0) is 11.3 Å². The van der Waals surface area contributed by atoms with Crippen molar-refractivity contribution < 1.29 is 9.64 Å². The number of benzene rings is 1. The number of nitrogens with one attached hydrogen (secondary N) is 2. The number of hydrogen-bond donors (Lipinski definition) is 2. The average molecular weight is 386 g/mol. The molecule has 1 aromatic heterocycles. The van der Waals surface area contributed by atoms with Crippen molar-refractivity contribution in [3.63, 3.8) is 0 Å². The van der Waals surface area contributed by atoms with Gasteiger partial charge in [0.1, 0.15) is 25.7 Å². The molecule has 24 heavy (non-hydrogen) atoms. The van der Waals surface area contributed by atoms with E-state index >= 15 is 0 Å². The van der Waals surface area contributed by atoms with Crippen molar-refractivity contribution in [3.05, 3.63) is 34.9 Å². The fourth-order valence-corrected chi connectivity index (χ4v) is 4.75. The van der Waals surface area contributed by atoms with Crippen LogP contribution < -0.4 is 10.2 Å².